The summed E-state index contributed by atoms with van der Waals surface area (Å²) in [6.45, 7) is -0.658. The minimum Gasteiger partial charge on any atom is -0.479 e. The van der Waals surface area contributed by atoms with Gasteiger partial charge in [0.15, 0.2) is 23.1 Å². The molecule has 1 heterocycles. The monoisotopic (exact) mass is 481 g/mol. The van der Waals surface area contributed by atoms with Gasteiger partial charge in [-0.1, -0.05) is 0 Å². The molecule has 3 rings (SSSR count). The molecular formula is C22H15F4NO7. The lowest BCUT2D eigenvalue weighted by molar-refractivity contribution is 0.0598. The number of anilines is 1. The van der Waals surface area contributed by atoms with E-state index in [2.05, 4.69) is 14.8 Å². The van der Waals surface area contributed by atoms with Gasteiger partial charge in [-0.15, -0.1) is 0 Å². The molecule has 8 nitrogen and oxygen atoms in total. The second-order valence-corrected chi connectivity index (χ2v) is 6.59. The molecule has 0 saturated heterocycles. The highest BCUT2D eigenvalue weighted by Gasteiger charge is 2.22. The summed E-state index contributed by atoms with van der Waals surface area (Å²) in [6, 6.07) is 6.15. The van der Waals surface area contributed by atoms with Gasteiger partial charge in [-0.25, -0.2) is 18.4 Å². The Balaban J connectivity index is 1.76. The molecule has 0 atom stereocenters. The number of hydrogen-bond acceptors (Lipinski definition) is 7. The summed E-state index contributed by atoms with van der Waals surface area (Å²) in [6.07, 6.45) is 0. The number of rotatable bonds is 7. The van der Waals surface area contributed by atoms with Crippen LogP contribution in [0.2, 0.25) is 0 Å². The van der Waals surface area contributed by atoms with E-state index in [0.717, 1.165) is 14.2 Å². The Labute approximate surface area is 189 Å². The number of hydrogen-bond donors (Lipinski definition) is 1. The molecule has 1 N–H and O–H groups in total. The molecule has 0 spiro atoms. The van der Waals surface area contributed by atoms with Gasteiger partial charge in [-0.3, -0.25) is 4.79 Å². The standard InChI is InChI=1S/C22H15F4NO7/c1-31-21(29)10-5-11(22(30)32-2)7-12(6-10)27-20(28)16-4-3-13(34-16)9-33-19-17(25)14(23)8-15(24)18(19)26/h3-8H,9H2,1-2H3,(H,27,28). The highest BCUT2D eigenvalue weighted by molar-refractivity contribution is 6.04. The van der Waals surface area contributed by atoms with Crippen molar-refractivity contribution in [2.75, 3.05) is 19.5 Å². The van der Waals surface area contributed by atoms with E-state index in [9.17, 15) is 31.9 Å². The summed E-state index contributed by atoms with van der Waals surface area (Å²) in [5.41, 5.74) is -0.0527. The van der Waals surface area contributed by atoms with Crippen LogP contribution in [0.1, 0.15) is 37.0 Å². The van der Waals surface area contributed by atoms with Crippen LogP contribution in [0.4, 0.5) is 23.2 Å². The lowest BCUT2D eigenvalue weighted by Gasteiger charge is -2.09. The Hall–Kier alpha value is -4.35. The summed E-state index contributed by atoms with van der Waals surface area (Å²) in [4.78, 5) is 36.2. The predicted octanol–water partition coefficient (Wildman–Crippen LogP) is 4.24. The van der Waals surface area contributed by atoms with Crippen LogP contribution in [0.25, 0.3) is 0 Å². The van der Waals surface area contributed by atoms with Gasteiger partial charge < -0.3 is 23.9 Å². The average Bonchev–Trinajstić information content (AvgIpc) is 3.30. The minimum absolute atomic E-state index is 0.0295. The van der Waals surface area contributed by atoms with Gasteiger partial charge in [-0.05, 0) is 30.3 Å². The Bertz CT molecular complexity index is 1210. The van der Waals surface area contributed by atoms with E-state index in [-0.39, 0.29) is 34.4 Å². The van der Waals surface area contributed by atoms with Crippen LogP contribution < -0.4 is 10.1 Å². The van der Waals surface area contributed by atoms with Crippen LogP contribution >= 0.6 is 0 Å². The summed E-state index contributed by atoms with van der Waals surface area (Å²) < 4.78 is 73.1. The molecule has 1 amide bonds. The van der Waals surface area contributed by atoms with Crippen molar-refractivity contribution in [3.8, 4) is 5.75 Å². The maximum atomic E-state index is 13.7. The van der Waals surface area contributed by atoms with Gasteiger partial charge in [0.2, 0.25) is 11.6 Å². The summed E-state index contributed by atoms with van der Waals surface area (Å²) in [7, 11) is 2.27. The van der Waals surface area contributed by atoms with Crippen molar-refractivity contribution < 1.29 is 50.6 Å². The molecule has 0 radical (unpaired) electrons. The molecular weight excluding hydrogens is 466 g/mol. The number of ether oxygens (including phenoxy) is 3. The Morgan fingerprint density at radius 1 is 0.853 bits per heavy atom. The normalized spacial score (nSPS) is 10.5. The predicted molar refractivity (Wildman–Crippen MR) is 106 cm³/mol. The van der Waals surface area contributed by atoms with Gasteiger partial charge in [0.05, 0.1) is 25.3 Å². The maximum Gasteiger partial charge on any atom is 0.337 e. The largest absolute Gasteiger partial charge is 0.479 e. The fourth-order valence-corrected chi connectivity index (χ4v) is 2.76. The van der Waals surface area contributed by atoms with Crippen molar-refractivity contribution in [2.45, 2.75) is 6.61 Å². The Morgan fingerprint density at radius 2 is 1.41 bits per heavy atom. The van der Waals surface area contributed by atoms with Crippen LogP contribution in [0.5, 0.6) is 5.75 Å². The quantitative estimate of drug-likeness (QED) is 0.306. The third kappa shape index (κ3) is 5.17. The highest BCUT2D eigenvalue weighted by atomic mass is 19.2. The van der Waals surface area contributed by atoms with E-state index in [0.29, 0.717) is 0 Å². The van der Waals surface area contributed by atoms with Gasteiger partial charge in [0.1, 0.15) is 12.4 Å². The third-order valence-corrected chi connectivity index (χ3v) is 4.35. The fraction of sp³-hybridized carbons (Fsp3) is 0.136. The first kappa shape index (κ1) is 24.3. The molecule has 34 heavy (non-hydrogen) atoms. The van der Waals surface area contributed by atoms with Gasteiger partial charge in [0.25, 0.3) is 5.91 Å². The number of carbonyl (C=O) groups is 3. The number of esters is 2. The molecule has 0 bridgehead atoms. The number of benzene rings is 2. The van der Waals surface area contributed by atoms with Crippen LogP contribution in [0, 0.1) is 23.3 Å². The van der Waals surface area contributed by atoms with Gasteiger partial charge >= 0.3 is 11.9 Å². The zero-order chi connectivity index (χ0) is 25.0. The van der Waals surface area contributed by atoms with Crippen molar-refractivity contribution in [3.63, 3.8) is 0 Å². The van der Waals surface area contributed by atoms with E-state index in [1.807, 2.05) is 0 Å². The maximum absolute atomic E-state index is 13.7. The highest BCUT2D eigenvalue weighted by Crippen LogP contribution is 2.27. The smallest absolute Gasteiger partial charge is 0.337 e. The van der Waals surface area contributed by atoms with Crippen LogP contribution in [-0.4, -0.2) is 32.1 Å². The number of amides is 1. The van der Waals surface area contributed by atoms with Crippen molar-refractivity contribution >= 4 is 23.5 Å². The number of nitrogens with one attached hydrogen (secondary N) is 1. The molecule has 0 fully saturated rings. The number of furan rings is 1. The first-order valence-corrected chi connectivity index (χ1v) is 9.32. The minimum atomic E-state index is -1.73. The molecule has 12 heteroatoms. The van der Waals surface area contributed by atoms with Crippen LogP contribution in [-0.2, 0) is 16.1 Å². The Kier molecular flexibility index (Phi) is 7.19. The number of halogens is 4. The Morgan fingerprint density at radius 3 is 1.94 bits per heavy atom. The SMILES string of the molecule is COC(=O)c1cc(NC(=O)c2ccc(COc3c(F)c(F)cc(F)c3F)o2)cc(C(=O)OC)c1. The van der Waals surface area contributed by atoms with E-state index >= 15 is 0 Å². The molecule has 0 aliphatic heterocycles. The van der Waals surface area contributed by atoms with E-state index in [1.54, 1.807) is 0 Å². The van der Waals surface area contributed by atoms with Crippen LogP contribution in [0.3, 0.4) is 0 Å². The average molecular weight is 481 g/mol. The summed E-state index contributed by atoms with van der Waals surface area (Å²) in [5.74, 6) is -10.8. The fourth-order valence-electron chi connectivity index (χ4n) is 2.76. The molecule has 0 aliphatic rings. The van der Waals surface area contributed by atoms with E-state index in [1.165, 1.54) is 30.3 Å². The van der Waals surface area contributed by atoms with E-state index in [4.69, 9.17) is 9.15 Å². The molecule has 3 aromatic rings. The summed E-state index contributed by atoms with van der Waals surface area (Å²) in [5, 5.41) is 2.41. The topological polar surface area (TPSA) is 104 Å². The molecule has 2 aromatic carbocycles. The first-order chi connectivity index (χ1) is 16.1. The molecule has 0 saturated carbocycles. The lowest BCUT2D eigenvalue weighted by atomic mass is 10.1. The third-order valence-electron chi connectivity index (χ3n) is 4.35. The first-order valence-electron chi connectivity index (χ1n) is 9.32. The molecule has 178 valence electrons. The van der Waals surface area contributed by atoms with Crippen molar-refractivity contribution in [2.24, 2.45) is 0 Å². The van der Waals surface area contributed by atoms with Crippen molar-refractivity contribution in [3.05, 3.63) is 82.3 Å². The second-order valence-electron chi connectivity index (χ2n) is 6.59. The zero-order valence-corrected chi connectivity index (χ0v) is 17.5. The van der Waals surface area contributed by atoms with Crippen molar-refractivity contribution in [1.29, 1.82) is 0 Å². The summed E-state index contributed by atoms with van der Waals surface area (Å²) >= 11 is 0. The lowest BCUT2D eigenvalue weighted by Crippen LogP contribution is -2.13. The number of methoxy groups -OCH3 is 2. The molecule has 1 aromatic heterocycles. The van der Waals surface area contributed by atoms with E-state index < -0.39 is 53.5 Å². The van der Waals surface area contributed by atoms with Gasteiger partial charge in [0, 0.05) is 11.8 Å². The molecule has 0 unspecified atom stereocenters. The number of carbonyl (C=O) groups excluding carboxylic acids is 3. The van der Waals surface area contributed by atoms with Crippen molar-refractivity contribution in [1.82, 2.24) is 0 Å². The van der Waals surface area contributed by atoms with Gasteiger partial charge in [-0.2, -0.15) is 8.78 Å². The molecule has 0 aliphatic carbocycles. The van der Waals surface area contributed by atoms with Crippen LogP contribution in [0.15, 0.2) is 40.8 Å². The second kappa shape index (κ2) is 10.1. The zero-order valence-electron chi connectivity index (χ0n) is 17.5.